The van der Waals surface area contributed by atoms with Crippen molar-refractivity contribution >= 4 is 17.2 Å². The van der Waals surface area contributed by atoms with Crippen LogP contribution in [0.25, 0.3) is 5.57 Å². The molecule has 122 valence electrons. The van der Waals surface area contributed by atoms with E-state index in [-0.39, 0.29) is 16.6 Å². The summed E-state index contributed by atoms with van der Waals surface area (Å²) in [6, 6.07) is 4.58. The van der Waals surface area contributed by atoms with Gasteiger partial charge in [0.15, 0.2) is 5.69 Å². The van der Waals surface area contributed by atoms with Crippen molar-refractivity contribution in [3.8, 4) is 11.8 Å². The van der Waals surface area contributed by atoms with Gasteiger partial charge < -0.3 is 4.74 Å². The molecule has 2 aromatic rings. The highest BCUT2D eigenvalue weighted by molar-refractivity contribution is 6.32. The third-order valence-corrected chi connectivity index (χ3v) is 3.31. The van der Waals surface area contributed by atoms with Gasteiger partial charge in [0.05, 0.1) is 5.02 Å². The molecule has 0 aliphatic rings. The van der Waals surface area contributed by atoms with Gasteiger partial charge in [-0.15, -0.1) is 0 Å². The topological polar surface area (TPSA) is 35.0 Å². The summed E-state index contributed by atoms with van der Waals surface area (Å²) in [7, 11) is 0. The van der Waals surface area contributed by atoms with Crippen LogP contribution in [-0.4, -0.2) is 9.97 Å². The summed E-state index contributed by atoms with van der Waals surface area (Å²) in [6.07, 6.45) is -3.65. The summed E-state index contributed by atoms with van der Waals surface area (Å²) in [6.45, 7) is 2.86. The van der Waals surface area contributed by atoms with Crippen LogP contribution >= 0.6 is 11.6 Å². The van der Waals surface area contributed by atoms with Gasteiger partial charge in [0.2, 0.25) is 0 Å². The predicted molar refractivity (Wildman–Crippen MR) is 77.9 cm³/mol. The number of halogens is 5. The van der Waals surface area contributed by atoms with Gasteiger partial charge in [0, 0.05) is 12.3 Å². The quantitative estimate of drug-likeness (QED) is 0.672. The zero-order valence-corrected chi connectivity index (χ0v) is 12.8. The molecule has 1 aromatic carbocycles. The lowest BCUT2D eigenvalue weighted by molar-refractivity contribution is -0.141. The fraction of sp³-hybridized carbons (Fsp3) is 0.200. The molecule has 0 bridgehead atoms. The molecule has 0 fully saturated rings. The normalized spacial score (nSPS) is 12.8. The van der Waals surface area contributed by atoms with Crippen molar-refractivity contribution in [3.05, 3.63) is 52.6 Å². The second-order valence-corrected chi connectivity index (χ2v) is 5.03. The van der Waals surface area contributed by atoms with Crippen LogP contribution in [-0.2, 0) is 6.18 Å². The number of aromatic nitrogens is 2. The molecule has 0 saturated heterocycles. The Labute approximate surface area is 134 Å². The second kappa shape index (κ2) is 6.54. The van der Waals surface area contributed by atoms with Crippen molar-refractivity contribution in [2.45, 2.75) is 20.0 Å². The van der Waals surface area contributed by atoms with Gasteiger partial charge in [0.25, 0.3) is 0 Å². The van der Waals surface area contributed by atoms with Crippen LogP contribution < -0.4 is 4.74 Å². The minimum atomic E-state index is -4.59. The molecular formula is C15H11ClF4N2O. The fourth-order valence-corrected chi connectivity index (χ4v) is 2.01. The molecule has 0 saturated carbocycles. The number of hydrogen-bond donors (Lipinski definition) is 0. The number of alkyl halides is 3. The lowest BCUT2D eigenvalue weighted by atomic mass is 10.1. The minimum absolute atomic E-state index is 0.141. The average Bonchev–Trinajstić information content (AvgIpc) is 2.46. The Hall–Kier alpha value is -2.15. The number of hydrogen-bond acceptors (Lipinski definition) is 3. The van der Waals surface area contributed by atoms with Crippen LogP contribution in [0.3, 0.4) is 0 Å². The molecule has 1 heterocycles. The molecule has 3 nitrogen and oxygen atoms in total. The number of benzene rings is 1. The molecule has 2 rings (SSSR count). The Morgan fingerprint density at radius 1 is 1.17 bits per heavy atom. The van der Waals surface area contributed by atoms with E-state index in [9.17, 15) is 17.6 Å². The highest BCUT2D eigenvalue weighted by Crippen LogP contribution is 2.32. The van der Waals surface area contributed by atoms with E-state index in [4.69, 9.17) is 16.3 Å². The van der Waals surface area contributed by atoms with Crippen molar-refractivity contribution < 1.29 is 22.3 Å². The Morgan fingerprint density at radius 2 is 1.87 bits per heavy atom. The standard InChI is InChI=1S/C15H11ClF4N2O/c1-8(9(2)17)11-4-3-10(7-12(11)16)23-14-21-6-5-13(22-14)15(18,19)20/h3-7H,1-2H3. The van der Waals surface area contributed by atoms with Crippen molar-refractivity contribution in [2.75, 3.05) is 0 Å². The van der Waals surface area contributed by atoms with Gasteiger partial charge >= 0.3 is 12.2 Å². The lowest BCUT2D eigenvalue weighted by Crippen LogP contribution is -2.08. The first kappa shape index (κ1) is 17.2. The maximum Gasteiger partial charge on any atom is 0.433 e. The average molecular weight is 347 g/mol. The number of allylic oxidation sites excluding steroid dienone is 2. The smallest absolute Gasteiger partial charge is 0.424 e. The number of nitrogens with zero attached hydrogens (tertiary/aromatic N) is 2. The highest BCUT2D eigenvalue weighted by Gasteiger charge is 2.33. The van der Waals surface area contributed by atoms with E-state index in [0.717, 1.165) is 12.3 Å². The second-order valence-electron chi connectivity index (χ2n) is 4.62. The Balaban J connectivity index is 2.29. The fourth-order valence-electron chi connectivity index (χ4n) is 1.70. The predicted octanol–water partition coefficient (Wildman–Crippen LogP) is 5.66. The van der Waals surface area contributed by atoms with E-state index in [1.165, 1.54) is 25.1 Å². The highest BCUT2D eigenvalue weighted by atomic mass is 35.5. The molecule has 1 aromatic heterocycles. The maximum absolute atomic E-state index is 13.2. The molecule has 0 amide bonds. The largest absolute Gasteiger partial charge is 0.433 e. The number of rotatable bonds is 3. The summed E-state index contributed by atoms with van der Waals surface area (Å²) in [5, 5.41) is 0.198. The van der Waals surface area contributed by atoms with Gasteiger partial charge in [-0.25, -0.2) is 9.37 Å². The third kappa shape index (κ3) is 4.19. The molecule has 0 radical (unpaired) electrons. The van der Waals surface area contributed by atoms with Crippen LogP contribution in [0.2, 0.25) is 5.02 Å². The van der Waals surface area contributed by atoms with Crippen molar-refractivity contribution in [1.29, 1.82) is 0 Å². The van der Waals surface area contributed by atoms with Crippen LogP contribution in [0.5, 0.6) is 11.8 Å². The summed E-state index contributed by atoms with van der Waals surface area (Å²) in [5.41, 5.74) is -0.294. The Bertz CT molecular complexity index is 755. The monoisotopic (exact) mass is 346 g/mol. The molecule has 8 heteroatoms. The van der Waals surface area contributed by atoms with Crippen molar-refractivity contribution in [2.24, 2.45) is 0 Å². The molecular weight excluding hydrogens is 336 g/mol. The Morgan fingerprint density at radius 3 is 2.43 bits per heavy atom. The molecule has 0 unspecified atom stereocenters. The van der Waals surface area contributed by atoms with E-state index >= 15 is 0 Å². The van der Waals surface area contributed by atoms with E-state index < -0.39 is 17.9 Å². The zero-order chi connectivity index (χ0) is 17.2. The first-order chi connectivity index (χ1) is 10.7. The van der Waals surface area contributed by atoms with E-state index in [1.54, 1.807) is 6.92 Å². The molecule has 0 N–H and O–H groups in total. The van der Waals surface area contributed by atoms with Crippen LogP contribution in [0, 0.1) is 0 Å². The molecule has 23 heavy (non-hydrogen) atoms. The summed E-state index contributed by atoms with van der Waals surface area (Å²) >= 11 is 6.04. The first-order valence-corrected chi connectivity index (χ1v) is 6.77. The molecule has 0 aliphatic heterocycles. The van der Waals surface area contributed by atoms with Crippen LogP contribution in [0.15, 0.2) is 36.3 Å². The van der Waals surface area contributed by atoms with Gasteiger partial charge in [-0.2, -0.15) is 18.2 Å². The summed E-state index contributed by atoms with van der Waals surface area (Å²) in [5.74, 6) is -0.246. The molecule has 0 spiro atoms. The third-order valence-electron chi connectivity index (χ3n) is 2.99. The SMILES string of the molecule is CC(F)=C(C)c1ccc(Oc2nccc(C(F)(F)F)n2)cc1Cl. The van der Waals surface area contributed by atoms with E-state index in [1.807, 2.05) is 0 Å². The van der Waals surface area contributed by atoms with Gasteiger partial charge in [-0.1, -0.05) is 11.6 Å². The molecule has 0 aliphatic carbocycles. The Kier molecular flexibility index (Phi) is 4.89. The van der Waals surface area contributed by atoms with Gasteiger partial charge in [0.1, 0.15) is 11.6 Å². The number of ether oxygens (including phenoxy) is 1. The summed E-state index contributed by atoms with van der Waals surface area (Å²) in [4.78, 5) is 6.90. The first-order valence-electron chi connectivity index (χ1n) is 6.39. The van der Waals surface area contributed by atoms with Crippen molar-refractivity contribution in [3.63, 3.8) is 0 Å². The summed E-state index contributed by atoms with van der Waals surface area (Å²) < 4.78 is 56.1. The van der Waals surface area contributed by atoms with Gasteiger partial charge in [-0.05, 0) is 43.2 Å². The van der Waals surface area contributed by atoms with Crippen LogP contribution in [0.1, 0.15) is 25.1 Å². The van der Waals surface area contributed by atoms with E-state index in [0.29, 0.717) is 11.1 Å². The maximum atomic E-state index is 13.2. The van der Waals surface area contributed by atoms with Crippen LogP contribution in [0.4, 0.5) is 17.6 Å². The zero-order valence-electron chi connectivity index (χ0n) is 12.1. The van der Waals surface area contributed by atoms with Crippen molar-refractivity contribution in [1.82, 2.24) is 9.97 Å². The molecule has 0 atom stereocenters. The van der Waals surface area contributed by atoms with Gasteiger partial charge in [-0.3, -0.25) is 0 Å². The lowest BCUT2D eigenvalue weighted by Gasteiger charge is -2.10. The van der Waals surface area contributed by atoms with E-state index in [2.05, 4.69) is 9.97 Å². The minimum Gasteiger partial charge on any atom is -0.424 e.